The van der Waals surface area contributed by atoms with Crippen molar-refractivity contribution in [1.82, 2.24) is 19.7 Å². The third kappa shape index (κ3) is 2.64. The number of amides is 2. The van der Waals surface area contributed by atoms with Gasteiger partial charge in [0.2, 0.25) is 5.91 Å². The van der Waals surface area contributed by atoms with Crippen molar-refractivity contribution >= 4 is 22.8 Å². The van der Waals surface area contributed by atoms with E-state index in [9.17, 15) is 9.59 Å². The van der Waals surface area contributed by atoms with E-state index < -0.39 is 0 Å². The molecule has 0 unspecified atom stereocenters. The van der Waals surface area contributed by atoms with Crippen molar-refractivity contribution < 1.29 is 9.59 Å². The molecule has 0 radical (unpaired) electrons. The van der Waals surface area contributed by atoms with E-state index in [4.69, 9.17) is 5.73 Å². The predicted molar refractivity (Wildman–Crippen MR) is 90.5 cm³/mol. The van der Waals surface area contributed by atoms with E-state index in [0.717, 1.165) is 16.8 Å². The summed E-state index contributed by atoms with van der Waals surface area (Å²) in [6, 6.07) is 1.86. The first kappa shape index (κ1) is 16.4. The third-order valence-corrected chi connectivity index (χ3v) is 4.69. The summed E-state index contributed by atoms with van der Waals surface area (Å²) in [5, 5.41) is 5.20. The highest BCUT2D eigenvalue weighted by Gasteiger charge is 2.32. The Balaban J connectivity index is 2.08. The Morgan fingerprint density at radius 1 is 1.38 bits per heavy atom. The van der Waals surface area contributed by atoms with Gasteiger partial charge >= 0.3 is 0 Å². The zero-order valence-electron chi connectivity index (χ0n) is 14.5. The van der Waals surface area contributed by atoms with Gasteiger partial charge in [0.1, 0.15) is 0 Å². The smallest absolute Gasteiger partial charge is 0.254 e. The van der Waals surface area contributed by atoms with Gasteiger partial charge in [0.25, 0.3) is 5.91 Å². The number of primary amides is 1. The monoisotopic (exact) mass is 329 g/mol. The van der Waals surface area contributed by atoms with E-state index in [2.05, 4.69) is 10.1 Å². The third-order valence-electron chi connectivity index (χ3n) is 4.69. The van der Waals surface area contributed by atoms with Gasteiger partial charge in [0, 0.05) is 25.8 Å². The summed E-state index contributed by atoms with van der Waals surface area (Å²) in [5.41, 5.74) is 8.35. The van der Waals surface area contributed by atoms with Crippen LogP contribution in [0.3, 0.4) is 0 Å². The van der Waals surface area contributed by atoms with Crippen LogP contribution >= 0.6 is 0 Å². The van der Waals surface area contributed by atoms with Crippen LogP contribution in [0.1, 0.15) is 47.9 Å². The largest absolute Gasteiger partial charge is 0.369 e. The lowest BCUT2D eigenvalue weighted by Crippen LogP contribution is -2.32. The number of fused-ring (bicyclic) bond motifs is 1. The minimum Gasteiger partial charge on any atom is -0.369 e. The molecule has 1 aliphatic heterocycles. The highest BCUT2D eigenvalue weighted by atomic mass is 16.2. The fourth-order valence-electron chi connectivity index (χ4n) is 3.28. The van der Waals surface area contributed by atoms with Gasteiger partial charge in [-0.2, -0.15) is 5.10 Å². The minimum atomic E-state index is -0.342. The van der Waals surface area contributed by atoms with Gasteiger partial charge in [-0.25, -0.2) is 4.98 Å². The molecule has 3 rings (SSSR count). The van der Waals surface area contributed by atoms with Crippen molar-refractivity contribution in [2.45, 2.75) is 33.1 Å². The Morgan fingerprint density at radius 3 is 2.67 bits per heavy atom. The summed E-state index contributed by atoms with van der Waals surface area (Å²) in [7, 11) is 1.83. The van der Waals surface area contributed by atoms with Gasteiger partial charge in [-0.3, -0.25) is 14.3 Å². The molecule has 0 aliphatic carbocycles. The van der Waals surface area contributed by atoms with Crippen molar-refractivity contribution in [2.24, 2.45) is 18.7 Å². The van der Waals surface area contributed by atoms with Gasteiger partial charge in [-0.1, -0.05) is 13.8 Å². The Bertz CT molecular complexity index is 824. The first-order chi connectivity index (χ1) is 11.3. The van der Waals surface area contributed by atoms with Crippen LogP contribution in [0.5, 0.6) is 0 Å². The number of carbonyl (C=O) groups excluding carboxylic acids is 2. The van der Waals surface area contributed by atoms with E-state index in [0.29, 0.717) is 30.7 Å². The normalized spacial score (nSPS) is 17.9. The van der Waals surface area contributed by atoms with E-state index >= 15 is 0 Å². The second-order valence-corrected chi connectivity index (χ2v) is 6.80. The van der Waals surface area contributed by atoms with E-state index in [1.807, 2.05) is 33.9 Å². The molecule has 1 saturated heterocycles. The van der Waals surface area contributed by atoms with Gasteiger partial charge < -0.3 is 10.6 Å². The first-order valence-corrected chi connectivity index (χ1v) is 8.22. The zero-order valence-corrected chi connectivity index (χ0v) is 14.5. The quantitative estimate of drug-likeness (QED) is 0.919. The van der Waals surface area contributed by atoms with Crippen molar-refractivity contribution in [3.8, 4) is 0 Å². The molecular weight excluding hydrogens is 306 g/mol. The SMILES string of the molecule is Cc1nn(C)c2nc(C(C)C)cc(C(=O)N3CC[C@H](C(N)=O)C3)c12. The molecule has 1 fully saturated rings. The van der Waals surface area contributed by atoms with Crippen LogP contribution < -0.4 is 5.73 Å². The Kier molecular flexibility index (Phi) is 4.03. The van der Waals surface area contributed by atoms with Crippen molar-refractivity contribution in [1.29, 1.82) is 0 Å². The van der Waals surface area contributed by atoms with E-state index in [1.54, 1.807) is 9.58 Å². The van der Waals surface area contributed by atoms with Crippen molar-refractivity contribution in [3.63, 3.8) is 0 Å². The van der Waals surface area contributed by atoms with Crippen molar-refractivity contribution in [2.75, 3.05) is 13.1 Å². The second kappa shape index (κ2) is 5.89. The maximum atomic E-state index is 13.1. The standard InChI is InChI=1S/C17H23N5O2/c1-9(2)13-7-12(14-10(3)20-21(4)16(14)19-13)17(24)22-6-5-11(8-22)15(18)23/h7,9,11H,5-6,8H2,1-4H3,(H2,18,23)/t11-/m0/s1. The summed E-state index contributed by atoms with van der Waals surface area (Å²) >= 11 is 0. The van der Waals surface area contributed by atoms with E-state index in [-0.39, 0.29) is 23.7 Å². The predicted octanol–water partition coefficient (Wildman–Crippen LogP) is 1.35. The van der Waals surface area contributed by atoms with Gasteiger partial charge in [-0.15, -0.1) is 0 Å². The molecule has 7 heteroatoms. The molecule has 2 aromatic rings. The minimum absolute atomic E-state index is 0.0795. The Morgan fingerprint density at radius 2 is 2.08 bits per heavy atom. The van der Waals surface area contributed by atoms with E-state index in [1.165, 1.54) is 0 Å². The number of hydrogen-bond donors (Lipinski definition) is 1. The summed E-state index contributed by atoms with van der Waals surface area (Å²) in [5.74, 6) is -0.478. The fraction of sp³-hybridized carbons (Fsp3) is 0.529. The fourth-order valence-corrected chi connectivity index (χ4v) is 3.28. The number of aromatic nitrogens is 3. The maximum absolute atomic E-state index is 13.1. The highest BCUT2D eigenvalue weighted by molar-refractivity contribution is 6.06. The molecule has 128 valence electrons. The van der Waals surface area contributed by atoms with Crippen LogP contribution in [0, 0.1) is 12.8 Å². The topological polar surface area (TPSA) is 94.1 Å². The number of aryl methyl sites for hydroxylation is 2. The first-order valence-electron chi connectivity index (χ1n) is 8.22. The summed E-state index contributed by atoms with van der Waals surface area (Å²) in [6.07, 6.45) is 0.623. The summed E-state index contributed by atoms with van der Waals surface area (Å²) < 4.78 is 1.71. The molecule has 2 amide bonds. The number of carbonyl (C=O) groups is 2. The lowest BCUT2D eigenvalue weighted by atomic mass is 10.0. The lowest BCUT2D eigenvalue weighted by Gasteiger charge is -2.18. The van der Waals surface area contributed by atoms with Crippen LogP contribution in [-0.4, -0.2) is 44.6 Å². The number of hydrogen-bond acceptors (Lipinski definition) is 4. The molecule has 0 aromatic carbocycles. The molecule has 2 aromatic heterocycles. The average Bonchev–Trinajstić information content (AvgIpc) is 3.12. The van der Waals surface area contributed by atoms with Gasteiger partial charge in [-0.05, 0) is 25.3 Å². The van der Waals surface area contributed by atoms with Crippen LogP contribution in [0.2, 0.25) is 0 Å². The highest BCUT2D eigenvalue weighted by Crippen LogP contribution is 2.27. The molecule has 0 saturated carbocycles. The molecule has 1 atom stereocenters. The molecule has 24 heavy (non-hydrogen) atoms. The Labute approximate surface area is 140 Å². The molecule has 0 bridgehead atoms. The molecular formula is C17H23N5O2. The molecule has 7 nitrogen and oxygen atoms in total. The van der Waals surface area contributed by atoms with Crippen LogP contribution in [0.4, 0.5) is 0 Å². The van der Waals surface area contributed by atoms with Crippen LogP contribution in [0.25, 0.3) is 11.0 Å². The summed E-state index contributed by atoms with van der Waals surface area (Å²) in [4.78, 5) is 30.8. The van der Waals surface area contributed by atoms with Crippen molar-refractivity contribution in [3.05, 3.63) is 23.0 Å². The molecule has 2 N–H and O–H groups in total. The summed E-state index contributed by atoms with van der Waals surface area (Å²) in [6.45, 7) is 6.90. The van der Waals surface area contributed by atoms with Gasteiger partial charge in [0.15, 0.2) is 5.65 Å². The zero-order chi connectivity index (χ0) is 17.6. The Hall–Kier alpha value is -2.44. The van der Waals surface area contributed by atoms with Crippen LogP contribution in [-0.2, 0) is 11.8 Å². The molecule has 3 heterocycles. The number of nitrogens with zero attached hydrogens (tertiary/aromatic N) is 4. The van der Waals surface area contributed by atoms with Crippen LogP contribution in [0.15, 0.2) is 6.07 Å². The lowest BCUT2D eigenvalue weighted by molar-refractivity contribution is -0.121. The molecule has 1 aliphatic rings. The van der Waals surface area contributed by atoms with Gasteiger partial charge in [0.05, 0.1) is 22.6 Å². The number of pyridine rings is 1. The number of likely N-dealkylation sites (tertiary alicyclic amines) is 1. The maximum Gasteiger partial charge on any atom is 0.254 e. The second-order valence-electron chi connectivity index (χ2n) is 6.80. The number of rotatable bonds is 3. The molecule has 0 spiro atoms. The number of nitrogens with two attached hydrogens (primary N) is 1. The average molecular weight is 329 g/mol.